The molecule has 0 unspecified atom stereocenters. The first-order chi connectivity index (χ1) is 9.08. The van der Waals surface area contributed by atoms with Crippen molar-refractivity contribution in [3.63, 3.8) is 0 Å². The number of hydrogen-bond donors (Lipinski definition) is 3. The van der Waals surface area contributed by atoms with Crippen molar-refractivity contribution in [1.29, 1.82) is 0 Å². The molecule has 7 heteroatoms. The number of benzene rings is 1. The Morgan fingerprint density at radius 2 is 2.05 bits per heavy atom. The van der Waals surface area contributed by atoms with Gasteiger partial charge in [-0.1, -0.05) is 0 Å². The van der Waals surface area contributed by atoms with Crippen LogP contribution in [-0.2, 0) is 0 Å². The second-order valence-electron chi connectivity index (χ2n) is 3.65. The van der Waals surface area contributed by atoms with E-state index in [9.17, 15) is 9.59 Å². The summed E-state index contributed by atoms with van der Waals surface area (Å²) in [6.07, 6.45) is 4.16. The number of carboxylic acids is 1. The molecule has 7 nitrogen and oxygen atoms in total. The van der Waals surface area contributed by atoms with Gasteiger partial charge in [-0.3, -0.25) is 9.78 Å². The van der Waals surface area contributed by atoms with Crippen LogP contribution >= 0.6 is 0 Å². The van der Waals surface area contributed by atoms with E-state index in [1.165, 1.54) is 36.8 Å². The number of carbonyl (C=O) groups is 2. The standard InChI is InChI=1S/C12H10N4O3/c13-8-5-7(12(18)19)1-2-9(8)16-11(17)10-6-14-3-4-15-10/h1-6H,13H2,(H,16,17)(H,18,19). The van der Waals surface area contributed by atoms with Crippen molar-refractivity contribution in [2.24, 2.45) is 0 Å². The largest absolute Gasteiger partial charge is 0.478 e. The van der Waals surface area contributed by atoms with E-state index in [-0.39, 0.29) is 16.9 Å². The lowest BCUT2D eigenvalue weighted by atomic mass is 10.1. The smallest absolute Gasteiger partial charge is 0.335 e. The predicted octanol–water partition coefficient (Wildman–Crippen LogP) is 1.01. The summed E-state index contributed by atoms with van der Waals surface area (Å²) in [7, 11) is 0. The number of nitrogens with zero attached hydrogens (tertiary/aromatic N) is 2. The summed E-state index contributed by atoms with van der Waals surface area (Å²) in [5.41, 5.74) is 6.35. The fourth-order valence-electron chi connectivity index (χ4n) is 1.41. The Morgan fingerprint density at radius 1 is 1.26 bits per heavy atom. The molecule has 0 fully saturated rings. The zero-order valence-corrected chi connectivity index (χ0v) is 9.70. The number of rotatable bonds is 3. The van der Waals surface area contributed by atoms with Crippen LogP contribution in [0.2, 0.25) is 0 Å². The van der Waals surface area contributed by atoms with Gasteiger partial charge in [0.25, 0.3) is 5.91 Å². The number of nitrogens with two attached hydrogens (primary N) is 1. The van der Waals surface area contributed by atoms with E-state index in [4.69, 9.17) is 10.8 Å². The van der Waals surface area contributed by atoms with Crippen LogP contribution in [0.25, 0.3) is 0 Å². The molecule has 0 aliphatic heterocycles. The Labute approximate surface area is 108 Å². The van der Waals surface area contributed by atoms with Gasteiger partial charge in [0.2, 0.25) is 0 Å². The maximum absolute atomic E-state index is 11.8. The number of carboxylic acid groups (broad SMARTS) is 1. The minimum Gasteiger partial charge on any atom is -0.478 e. The van der Waals surface area contributed by atoms with Crippen LogP contribution < -0.4 is 11.1 Å². The molecule has 0 aliphatic rings. The fourth-order valence-corrected chi connectivity index (χ4v) is 1.41. The van der Waals surface area contributed by atoms with E-state index in [1.54, 1.807) is 0 Å². The predicted molar refractivity (Wildman–Crippen MR) is 67.8 cm³/mol. The molecule has 2 aromatic rings. The van der Waals surface area contributed by atoms with Crippen molar-refractivity contribution in [2.75, 3.05) is 11.1 Å². The third kappa shape index (κ3) is 2.83. The van der Waals surface area contributed by atoms with E-state index < -0.39 is 11.9 Å². The Hall–Kier alpha value is -2.96. The van der Waals surface area contributed by atoms with Gasteiger partial charge in [0.1, 0.15) is 5.69 Å². The number of nitrogens with one attached hydrogen (secondary N) is 1. The summed E-state index contributed by atoms with van der Waals surface area (Å²) in [4.78, 5) is 30.2. The highest BCUT2D eigenvalue weighted by atomic mass is 16.4. The lowest BCUT2D eigenvalue weighted by Gasteiger charge is -2.08. The van der Waals surface area contributed by atoms with Crippen molar-refractivity contribution < 1.29 is 14.7 Å². The average molecular weight is 258 g/mol. The molecule has 1 aromatic carbocycles. The fraction of sp³-hybridized carbons (Fsp3) is 0. The zero-order valence-electron chi connectivity index (χ0n) is 9.70. The van der Waals surface area contributed by atoms with Gasteiger partial charge in [-0.15, -0.1) is 0 Å². The molecule has 96 valence electrons. The van der Waals surface area contributed by atoms with Crippen LogP contribution in [0.1, 0.15) is 20.8 Å². The number of aromatic carboxylic acids is 1. The van der Waals surface area contributed by atoms with Crippen molar-refractivity contribution in [2.45, 2.75) is 0 Å². The number of anilines is 2. The van der Waals surface area contributed by atoms with Gasteiger partial charge in [0.15, 0.2) is 0 Å². The van der Waals surface area contributed by atoms with Crippen LogP contribution in [0, 0.1) is 0 Å². The summed E-state index contributed by atoms with van der Waals surface area (Å²) < 4.78 is 0. The molecule has 0 saturated carbocycles. The van der Waals surface area contributed by atoms with Gasteiger partial charge in [-0.25, -0.2) is 9.78 Å². The maximum atomic E-state index is 11.8. The third-order valence-electron chi connectivity index (χ3n) is 2.34. The Balaban J connectivity index is 2.20. The highest BCUT2D eigenvalue weighted by molar-refractivity contribution is 6.04. The summed E-state index contributed by atoms with van der Waals surface area (Å²) in [6, 6.07) is 4.05. The summed E-state index contributed by atoms with van der Waals surface area (Å²) in [6.45, 7) is 0. The normalized spacial score (nSPS) is 9.89. The van der Waals surface area contributed by atoms with Crippen molar-refractivity contribution in [1.82, 2.24) is 9.97 Å². The molecule has 1 aromatic heterocycles. The van der Waals surface area contributed by atoms with Crippen molar-refractivity contribution >= 4 is 23.3 Å². The van der Waals surface area contributed by atoms with Crippen LogP contribution in [0.5, 0.6) is 0 Å². The molecule has 0 saturated heterocycles. The molecule has 2 rings (SSSR count). The summed E-state index contributed by atoms with van der Waals surface area (Å²) >= 11 is 0. The maximum Gasteiger partial charge on any atom is 0.335 e. The van der Waals surface area contributed by atoms with Crippen molar-refractivity contribution in [3.05, 3.63) is 48.0 Å². The first-order valence-electron chi connectivity index (χ1n) is 5.28. The molecular formula is C12H10N4O3. The second kappa shape index (κ2) is 5.13. The van der Waals surface area contributed by atoms with E-state index in [1.807, 2.05) is 0 Å². The Bertz CT molecular complexity index is 628. The van der Waals surface area contributed by atoms with E-state index >= 15 is 0 Å². The number of nitrogen functional groups attached to an aromatic ring is 1. The Kier molecular flexibility index (Phi) is 3.37. The summed E-state index contributed by atoms with van der Waals surface area (Å²) in [5.74, 6) is -1.55. The van der Waals surface area contributed by atoms with Crippen LogP contribution in [0.3, 0.4) is 0 Å². The summed E-state index contributed by atoms with van der Waals surface area (Å²) in [5, 5.41) is 11.3. The second-order valence-corrected chi connectivity index (χ2v) is 3.65. The van der Waals surface area contributed by atoms with Gasteiger partial charge in [0, 0.05) is 12.4 Å². The minimum atomic E-state index is -1.08. The molecular weight excluding hydrogens is 248 g/mol. The lowest BCUT2D eigenvalue weighted by molar-refractivity contribution is 0.0697. The number of amides is 1. The van der Waals surface area contributed by atoms with Gasteiger partial charge >= 0.3 is 5.97 Å². The highest BCUT2D eigenvalue weighted by Crippen LogP contribution is 2.20. The highest BCUT2D eigenvalue weighted by Gasteiger charge is 2.11. The van der Waals surface area contributed by atoms with Crippen molar-refractivity contribution in [3.8, 4) is 0 Å². The monoisotopic (exact) mass is 258 g/mol. The van der Waals surface area contributed by atoms with Crippen LogP contribution in [0.4, 0.5) is 11.4 Å². The molecule has 0 radical (unpaired) electrons. The molecule has 0 bridgehead atoms. The molecule has 0 aliphatic carbocycles. The van der Waals surface area contributed by atoms with Gasteiger partial charge in [0.05, 0.1) is 23.1 Å². The molecule has 1 heterocycles. The zero-order chi connectivity index (χ0) is 13.8. The number of hydrogen-bond acceptors (Lipinski definition) is 5. The molecule has 19 heavy (non-hydrogen) atoms. The molecule has 1 amide bonds. The SMILES string of the molecule is Nc1cc(C(=O)O)ccc1NC(=O)c1cnccn1. The third-order valence-corrected chi connectivity index (χ3v) is 2.34. The first kappa shape index (κ1) is 12.5. The van der Waals surface area contributed by atoms with Gasteiger partial charge < -0.3 is 16.2 Å². The molecule has 0 spiro atoms. The number of carbonyl (C=O) groups excluding carboxylic acids is 1. The minimum absolute atomic E-state index is 0.0509. The molecule has 4 N–H and O–H groups in total. The Morgan fingerprint density at radius 3 is 2.63 bits per heavy atom. The topological polar surface area (TPSA) is 118 Å². The lowest BCUT2D eigenvalue weighted by Crippen LogP contribution is -2.15. The molecule has 0 atom stereocenters. The van der Waals surface area contributed by atoms with E-state index in [0.29, 0.717) is 5.69 Å². The van der Waals surface area contributed by atoms with E-state index in [0.717, 1.165) is 0 Å². The number of aromatic nitrogens is 2. The average Bonchev–Trinajstić information content (AvgIpc) is 2.41. The van der Waals surface area contributed by atoms with Gasteiger partial charge in [-0.05, 0) is 18.2 Å². The van der Waals surface area contributed by atoms with Crippen LogP contribution in [0.15, 0.2) is 36.8 Å². The quantitative estimate of drug-likeness (QED) is 0.707. The first-order valence-corrected chi connectivity index (χ1v) is 5.28. The van der Waals surface area contributed by atoms with Gasteiger partial charge in [-0.2, -0.15) is 0 Å². The van der Waals surface area contributed by atoms with Crippen LogP contribution in [-0.4, -0.2) is 27.0 Å². The van der Waals surface area contributed by atoms with E-state index in [2.05, 4.69) is 15.3 Å².